The van der Waals surface area contributed by atoms with E-state index in [1.165, 1.54) is 32.1 Å². The minimum Gasteiger partial charge on any atom is -0.0809 e. The van der Waals surface area contributed by atoms with Crippen LogP contribution in [0.4, 0.5) is 0 Å². The summed E-state index contributed by atoms with van der Waals surface area (Å²) in [5.41, 5.74) is 1.02. The van der Waals surface area contributed by atoms with Gasteiger partial charge in [-0.05, 0) is 48.5 Å². The van der Waals surface area contributed by atoms with Crippen LogP contribution in [0.15, 0.2) is 47.7 Å². The van der Waals surface area contributed by atoms with Crippen molar-refractivity contribution < 1.29 is 0 Å². The summed E-state index contributed by atoms with van der Waals surface area (Å²) in [4.78, 5) is 0. The summed E-state index contributed by atoms with van der Waals surface area (Å²) in [6.45, 7) is 5.32. The van der Waals surface area contributed by atoms with Crippen LogP contribution in [0.5, 0.6) is 0 Å². The highest BCUT2D eigenvalue weighted by molar-refractivity contribution is 6.85. The first-order valence-electron chi connectivity index (χ1n) is 8.89. The third kappa shape index (κ3) is 2.16. The van der Waals surface area contributed by atoms with Gasteiger partial charge >= 0.3 is 0 Å². The van der Waals surface area contributed by atoms with Gasteiger partial charge in [-0.1, -0.05) is 73.7 Å². The minimum absolute atomic E-state index is 0.853. The van der Waals surface area contributed by atoms with E-state index < -0.39 is 8.07 Å². The SMILES string of the molecule is C[Si](C)(C1=CC=CC1)C1CCCC2C3C=CC=CC3CC21. The molecule has 0 aliphatic heterocycles. The van der Waals surface area contributed by atoms with E-state index in [-0.39, 0.29) is 0 Å². The monoisotopic (exact) mass is 296 g/mol. The largest absolute Gasteiger partial charge is 0.0809 e. The van der Waals surface area contributed by atoms with E-state index in [1.54, 1.807) is 0 Å². The average Bonchev–Trinajstić information content (AvgIpc) is 3.14. The molecular formula is C20H28Si. The van der Waals surface area contributed by atoms with Crippen molar-refractivity contribution in [3.05, 3.63) is 47.7 Å². The van der Waals surface area contributed by atoms with Crippen molar-refractivity contribution in [2.24, 2.45) is 23.7 Å². The molecule has 0 aromatic carbocycles. The molecule has 0 spiro atoms. The van der Waals surface area contributed by atoms with E-state index in [1.807, 2.05) is 5.20 Å². The molecule has 5 atom stereocenters. The summed E-state index contributed by atoms with van der Waals surface area (Å²) >= 11 is 0. The van der Waals surface area contributed by atoms with Crippen molar-refractivity contribution >= 4 is 8.07 Å². The van der Waals surface area contributed by atoms with Gasteiger partial charge in [0.05, 0.1) is 8.07 Å². The Morgan fingerprint density at radius 1 is 1.00 bits per heavy atom. The third-order valence-electron chi connectivity index (χ3n) is 6.98. The van der Waals surface area contributed by atoms with Gasteiger partial charge in [0.1, 0.15) is 0 Å². The lowest BCUT2D eigenvalue weighted by atomic mass is 9.76. The van der Waals surface area contributed by atoms with E-state index in [2.05, 4.69) is 55.6 Å². The molecule has 5 unspecified atom stereocenters. The molecule has 21 heavy (non-hydrogen) atoms. The lowest BCUT2D eigenvalue weighted by Crippen LogP contribution is -2.42. The van der Waals surface area contributed by atoms with Gasteiger partial charge < -0.3 is 0 Å². The molecule has 0 bridgehead atoms. The average molecular weight is 297 g/mol. The van der Waals surface area contributed by atoms with Crippen LogP contribution in [0.2, 0.25) is 18.6 Å². The van der Waals surface area contributed by atoms with Gasteiger partial charge in [0.25, 0.3) is 0 Å². The van der Waals surface area contributed by atoms with Gasteiger partial charge in [-0.2, -0.15) is 0 Å². The fourth-order valence-electron chi connectivity index (χ4n) is 5.86. The van der Waals surface area contributed by atoms with Gasteiger partial charge in [-0.3, -0.25) is 0 Å². The molecule has 0 nitrogen and oxygen atoms in total. The second kappa shape index (κ2) is 5.12. The summed E-state index contributed by atoms with van der Waals surface area (Å²) in [7, 11) is -1.27. The van der Waals surface area contributed by atoms with E-state index in [4.69, 9.17) is 0 Å². The standard InChI is InChI=1S/C20H28Si/c1-21(2,16-9-4-5-10-16)20-13-7-12-18-17-11-6-3-8-15(17)14-19(18)20/h3-6,8-9,11,15,17-20H,7,10,12-14H2,1-2H3. The zero-order valence-corrected chi connectivity index (χ0v) is 14.5. The van der Waals surface area contributed by atoms with Crippen LogP contribution in [-0.4, -0.2) is 8.07 Å². The molecule has 0 amide bonds. The molecule has 2 fully saturated rings. The van der Waals surface area contributed by atoms with Crippen LogP contribution in [0.25, 0.3) is 0 Å². The van der Waals surface area contributed by atoms with Crippen molar-refractivity contribution in [2.45, 2.75) is 50.7 Å². The van der Waals surface area contributed by atoms with Gasteiger partial charge in [0, 0.05) is 0 Å². The van der Waals surface area contributed by atoms with Crippen LogP contribution in [0, 0.1) is 23.7 Å². The summed E-state index contributed by atoms with van der Waals surface area (Å²) in [6, 6.07) is 0. The number of rotatable bonds is 2. The van der Waals surface area contributed by atoms with Crippen molar-refractivity contribution in [2.75, 3.05) is 0 Å². The van der Waals surface area contributed by atoms with Crippen molar-refractivity contribution in [3.63, 3.8) is 0 Å². The zero-order chi connectivity index (χ0) is 14.4. The Kier molecular flexibility index (Phi) is 3.37. The Morgan fingerprint density at radius 2 is 1.86 bits per heavy atom. The van der Waals surface area contributed by atoms with Crippen LogP contribution in [-0.2, 0) is 0 Å². The molecule has 2 saturated carbocycles. The molecule has 0 saturated heterocycles. The lowest BCUT2D eigenvalue weighted by molar-refractivity contribution is 0.244. The molecule has 0 N–H and O–H groups in total. The van der Waals surface area contributed by atoms with E-state index in [0.29, 0.717) is 0 Å². The fourth-order valence-corrected chi connectivity index (χ4v) is 9.88. The van der Waals surface area contributed by atoms with E-state index in [9.17, 15) is 0 Å². The van der Waals surface area contributed by atoms with E-state index in [0.717, 1.165) is 29.2 Å². The highest BCUT2D eigenvalue weighted by Crippen LogP contribution is 2.58. The topological polar surface area (TPSA) is 0 Å². The van der Waals surface area contributed by atoms with Crippen LogP contribution in [0.3, 0.4) is 0 Å². The number of allylic oxidation sites excluding steroid dienone is 8. The molecule has 0 aromatic rings. The Morgan fingerprint density at radius 3 is 2.67 bits per heavy atom. The zero-order valence-electron chi connectivity index (χ0n) is 13.5. The van der Waals surface area contributed by atoms with Crippen LogP contribution >= 0.6 is 0 Å². The van der Waals surface area contributed by atoms with Crippen LogP contribution < -0.4 is 0 Å². The Hall–Kier alpha value is -0.823. The molecule has 112 valence electrons. The van der Waals surface area contributed by atoms with Crippen molar-refractivity contribution in [1.29, 1.82) is 0 Å². The van der Waals surface area contributed by atoms with E-state index >= 15 is 0 Å². The predicted octanol–water partition coefficient (Wildman–Crippen LogP) is 5.67. The maximum Gasteiger partial charge on any atom is 0.0792 e. The lowest BCUT2D eigenvalue weighted by Gasteiger charge is -2.44. The molecule has 1 heteroatoms. The highest BCUT2D eigenvalue weighted by atomic mass is 28.3. The number of hydrogen-bond donors (Lipinski definition) is 0. The summed E-state index contributed by atoms with van der Waals surface area (Å²) in [5.74, 6) is 3.70. The second-order valence-electron chi connectivity index (χ2n) is 8.16. The molecule has 4 aliphatic rings. The van der Waals surface area contributed by atoms with Gasteiger partial charge in [-0.15, -0.1) is 0 Å². The molecule has 4 rings (SSSR count). The Labute approximate surface area is 130 Å². The van der Waals surface area contributed by atoms with Gasteiger partial charge in [-0.25, -0.2) is 0 Å². The summed E-state index contributed by atoms with van der Waals surface area (Å²) < 4.78 is 0. The van der Waals surface area contributed by atoms with Crippen LogP contribution in [0.1, 0.15) is 32.1 Å². The molecule has 0 radical (unpaired) electrons. The summed E-state index contributed by atoms with van der Waals surface area (Å²) in [6.07, 6.45) is 23.9. The maximum atomic E-state index is 2.66. The third-order valence-corrected chi connectivity index (χ3v) is 11.6. The first-order valence-corrected chi connectivity index (χ1v) is 12.0. The number of fused-ring (bicyclic) bond motifs is 3. The smallest absolute Gasteiger partial charge is 0.0792 e. The van der Waals surface area contributed by atoms with Gasteiger partial charge in [0.2, 0.25) is 0 Å². The molecule has 0 heterocycles. The maximum absolute atomic E-state index is 2.66. The van der Waals surface area contributed by atoms with Crippen molar-refractivity contribution in [1.82, 2.24) is 0 Å². The normalized spacial score (nSPS) is 41.0. The summed E-state index contributed by atoms with van der Waals surface area (Å²) in [5, 5.41) is 1.81. The second-order valence-corrected chi connectivity index (χ2v) is 13.0. The quantitative estimate of drug-likeness (QED) is 0.576. The van der Waals surface area contributed by atoms with Gasteiger partial charge in [0.15, 0.2) is 0 Å². The first kappa shape index (κ1) is 13.8. The predicted molar refractivity (Wildman–Crippen MR) is 93.8 cm³/mol. The Bertz CT molecular complexity index is 534. The molecule has 0 aromatic heterocycles. The highest BCUT2D eigenvalue weighted by Gasteiger charge is 2.51. The van der Waals surface area contributed by atoms with Crippen molar-refractivity contribution in [3.8, 4) is 0 Å². The molecule has 4 aliphatic carbocycles. The number of hydrogen-bond acceptors (Lipinski definition) is 0. The first-order chi connectivity index (χ1) is 10.2. The Balaban J connectivity index is 1.62. The minimum atomic E-state index is -1.27. The molecular weight excluding hydrogens is 268 g/mol. The fraction of sp³-hybridized carbons (Fsp3) is 0.600.